The van der Waals surface area contributed by atoms with E-state index in [0.717, 1.165) is 29.2 Å². The van der Waals surface area contributed by atoms with Gasteiger partial charge < -0.3 is 0 Å². The Kier molecular flexibility index (Phi) is 4.04. The Bertz CT molecular complexity index is 1080. The van der Waals surface area contributed by atoms with E-state index in [2.05, 4.69) is 19.9 Å². The van der Waals surface area contributed by atoms with Gasteiger partial charge in [0.05, 0.1) is 0 Å². The van der Waals surface area contributed by atoms with E-state index in [9.17, 15) is 9.59 Å². The summed E-state index contributed by atoms with van der Waals surface area (Å²) in [6.45, 7) is 4.16. The first kappa shape index (κ1) is 16.5. The molecule has 3 aromatic rings. The van der Waals surface area contributed by atoms with Crippen LogP contribution in [0, 0.1) is 0 Å². The lowest BCUT2D eigenvalue weighted by Gasteiger charge is -2.19. The number of hydrogen-bond acceptors (Lipinski definition) is 2. The molecular formula is C24H20O2. The molecule has 0 bridgehead atoms. The molecule has 4 rings (SSSR count). The number of hydrogen-bond donors (Lipinski definition) is 0. The number of ketones is 2. The molecule has 0 N–H and O–H groups in total. The lowest BCUT2D eigenvalue weighted by molar-refractivity contribution is 0.0979. The largest absolute Gasteiger partial charge is 0.289 e. The summed E-state index contributed by atoms with van der Waals surface area (Å²) in [5.74, 6) is -0.111. The fourth-order valence-corrected chi connectivity index (χ4v) is 3.57. The average molecular weight is 340 g/mol. The van der Waals surface area contributed by atoms with Crippen LogP contribution in [0.2, 0.25) is 0 Å². The Morgan fingerprint density at radius 3 is 1.96 bits per heavy atom. The number of fused-ring (bicyclic) bond motifs is 3. The first-order valence-electron chi connectivity index (χ1n) is 8.93. The molecule has 0 aliphatic heterocycles. The molecule has 3 aromatic carbocycles. The van der Waals surface area contributed by atoms with Crippen LogP contribution in [0.3, 0.4) is 0 Å². The molecule has 1 aliphatic rings. The highest BCUT2D eigenvalue weighted by molar-refractivity contribution is 6.29. The van der Waals surface area contributed by atoms with Crippen LogP contribution in [0.15, 0.2) is 66.2 Å². The second kappa shape index (κ2) is 6.38. The highest BCUT2D eigenvalue weighted by Crippen LogP contribution is 2.31. The molecule has 0 saturated carbocycles. The Balaban J connectivity index is 1.78. The van der Waals surface area contributed by atoms with Gasteiger partial charge >= 0.3 is 0 Å². The van der Waals surface area contributed by atoms with Crippen molar-refractivity contribution in [3.05, 3.63) is 94.1 Å². The smallest absolute Gasteiger partial charge is 0.194 e. The second-order valence-corrected chi connectivity index (χ2v) is 7.10. The van der Waals surface area contributed by atoms with Crippen molar-refractivity contribution >= 4 is 22.3 Å². The average Bonchev–Trinajstić information content (AvgIpc) is 2.64. The standard InChI is InChI=1S/C24H20O2/c1-15(2)6-5-7-16-10-11-19-20(12-16)24(26)22-14-18-9-4-3-8-17(18)13-21(22)23(19)25/h3-4,6,8-14H,5,7H2,1-2H3. The summed E-state index contributed by atoms with van der Waals surface area (Å²) in [5.41, 5.74) is 4.46. The van der Waals surface area contributed by atoms with Crippen LogP contribution >= 0.6 is 0 Å². The van der Waals surface area contributed by atoms with Crippen molar-refractivity contribution in [2.24, 2.45) is 0 Å². The minimum Gasteiger partial charge on any atom is -0.289 e. The Labute approximate surface area is 153 Å². The van der Waals surface area contributed by atoms with E-state index < -0.39 is 0 Å². The molecule has 0 amide bonds. The number of aryl methyl sites for hydroxylation is 1. The SMILES string of the molecule is CC(C)=CCCc1ccc2c(c1)C(=O)c1cc3ccccc3cc1C2=O. The van der Waals surface area contributed by atoms with Gasteiger partial charge in [-0.1, -0.05) is 48.0 Å². The van der Waals surface area contributed by atoms with Gasteiger partial charge in [0.1, 0.15) is 0 Å². The van der Waals surface area contributed by atoms with Crippen molar-refractivity contribution in [3.8, 4) is 0 Å². The fourth-order valence-electron chi connectivity index (χ4n) is 3.57. The Morgan fingerprint density at radius 1 is 0.769 bits per heavy atom. The molecule has 128 valence electrons. The molecule has 0 unspecified atom stereocenters. The number of carbonyl (C=O) groups is 2. The highest BCUT2D eigenvalue weighted by atomic mass is 16.1. The van der Waals surface area contributed by atoms with Crippen molar-refractivity contribution in [1.29, 1.82) is 0 Å². The Morgan fingerprint density at radius 2 is 1.35 bits per heavy atom. The third kappa shape index (κ3) is 2.78. The molecule has 2 heteroatoms. The van der Waals surface area contributed by atoms with Gasteiger partial charge in [0.2, 0.25) is 0 Å². The van der Waals surface area contributed by atoms with Crippen molar-refractivity contribution in [2.45, 2.75) is 26.7 Å². The Hall–Kier alpha value is -3.00. The third-order valence-corrected chi connectivity index (χ3v) is 4.93. The topological polar surface area (TPSA) is 34.1 Å². The van der Waals surface area contributed by atoms with E-state index in [-0.39, 0.29) is 11.6 Å². The molecule has 0 heterocycles. The van der Waals surface area contributed by atoms with Crippen LogP contribution in [0.5, 0.6) is 0 Å². The molecule has 26 heavy (non-hydrogen) atoms. The molecule has 1 aliphatic carbocycles. The highest BCUT2D eigenvalue weighted by Gasteiger charge is 2.30. The lowest BCUT2D eigenvalue weighted by Crippen LogP contribution is -2.21. The quantitative estimate of drug-likeness (QED) is 0.461. The van der Waals surface area contributed by atoms with Crippen molar-refractivity contribution in [2.75, 3.05) is 0 Å². The fraction of sp³-hybridized carbons (Fsp3) is 0.167. The maximum Gasteiger partial charge on any atom is 0.194 e. The summed E-state index contributed by atoms with van der Waals surface area (Å²) in [4.78, 5) is 26.0. The van der Waals surface area contributed by atoms with Gasteiger partial charge in [-0.3, -0.25) is 9.59 Å². The number of allylic oxidation sites excluding steroid dienone is 2. The van der Waals surface area contributed by atoms with Gasteiger partial charge in [0.15, 0.2) is 11.6 Å². The minimum absolute atomic E-state index is 0.0515. The molecule has 0 radical (unpaired) electrons. The normalized spacial score (nSPS) is 12.7. The third-order valence-electron chi connectivity index (χ3n) is 4.93. The lowest BCUT2D eigenvalue weighted by atomic mass is 9.82. The van der Waals surface area contributed by atoms with Crippen LogP contribution in [0.25, 0.3) is 10.8 Å². The van der Waals surface area contributed by atoms with Gasteiger partial charge in [0, 0.05) is 22.3 Å². The summed E-state index contributed by atoms with van der Waals surface area (Å²) >= 11 is 0. The van der Waals surface area contributed by atoms with Crippen molar-refractivity contribution in [3.63, 3.8) is 0 Å². The predicted octanol–water partition coefficient (Wildman–Crippen LogP) is 5.51. The van der Waals surface area contributed by atoms with Gasteiger partial charge in [-0.25, -0.2) is 0 Å². The molecule has 0 atom stereocenters. The maximum absolute atomic E-state index is 13.1. The number of carbonyl (C=O) groups excluding carboxylic acids is 2. The molecule has 0 saturated heterocycles. The van der Waals surface area contributed by atoms with E-state index in [1.54, 1.807) is 0 Å². The molecule has 0 aromatic heterocycles. The summed E-state index contributed by atoms with van der Waals surface area (Å²) in [5, 5.41) is 1.96. The molecule has 0 fully saturated rings. The van der Waals surface area contributed by atoms with Crippen molar-refractivity contribution < 1.29 is 9.59 Å². The summed E-state index contributed by atoms with van der Waals surface area (Å²) < 4.78 is 0. The molecular weight excluding hydrogens is 320 g/mol. The van der Waals surface area contributed by atoms with Crippen LogP contribution in [-0.4, -0.2) is 11.6 Å². The van der Waals surface area contributed by atoms with E-state index in [1.807, 2.05) is 54.6 Å². The maximum atomic E-state index is 13.1. The summed E-state index contributed by atoms with van der Waals surface area (Å²) in [6.07, 6.45) is 3.99. The monoisotopic (exact) mass is 340 g/mol. The van der Waals surface area contributed by atoms with E-state index in [0.29, 0.717) is 22.3 Å². The summed E-state index contributed by atoms with van der Waals surface area (Å²) in [7, 11) is 0. The van der Waals surface area contributed by atoms with Gasteiger partial charge in [-0.2, -0.15) is 0 Å². The zero-order valence-corrected chi connectivity index (χ0v) is 15.0. The summed E-state index contributed by atoms with van der Waals surface area (Å²) in [6, 6.07) is 17.2. The zero-order valence-electron chi connectivity index (χ0n) is 15.0. The molecule has 2 nitrogen and oxygen atoms in total. The first-order chi connectivity index (χ1) is 12.5. The minimum atomic E-state index is -0.0591. The first-order valence-corrected chi connectivity index (χ1v) is 8.93. The van der Waals surface area contributed by atoms with E-state index in [4.69, 9.17) is 0 Å². The number of rotatable bonds is 3. The van der Waals surface area contributed by atoms with Gasteiger partial charge in [0.25, 0.3) is 0 Å². The zero-order chi connectivity index (χ0) is 18.3. The number of benzene rings is 3. The van der Waals surface area contributed by atoms with Crippen LogP contribution in [0.4, 0.5) is 0 Å². The van der Waals surface area contributed by atoms with Crippen LogP contribution < -0.4 is 0 Å². The van der Waals surface area contributed by atoms with Gasteiger partial charge in [-0.05, 0) is 61.2 Å². The van der Waals surface area contributed by atoms with E-state index >= 15 is 0 Å². The van der Waals surface area contributed by atoms with Gasteiger partial charge in [-0.15, -0.1) is 0 Å². The van der Waals surface area contributed by atoms with E-state index in [1.165, 1.54) is 5.57 Å². The van der Waals surface area contributed by atoms with Crippen molar-refractivity contribution in [1.82, 2.24) is 0 Å². The van der Waals surface area contributed by atoms with Crippen LogP contribution in [-0.2, 0) is 6.42 Å². The second-order valence-electron chi connectivity index (χ2n) is 7.10. The van der Waals surface area contributed by atoms with Crippen LogP contribution in [0.1, 0.15) is 57.7 Å². The molecule has 0 spiro atoms. The predicted molar refractivity (Wildman–Crippen MR) is 105 cm³/mol.